The quantitative estimate of drug-likeness (QED) is 0.871. The third-order valence-electron chi connectivity index (χ3n) is 4.98. The van der Waals surface area contributed by atoms with E-state index in [0.29, 0.717) is 23.1 Å². The van der Waals surface area contributed by atoms with E-state index in [9.17, 15) is 0 Å². The van der Waals surface area contributed by atoms with Gasteiger partial charge in [-0.15, -0.1) is 0 Å². The number of aryl methyl sites for hydroxylation is 1. The second-order valence-corrected chi connectivity index (χ2v) is 6.74. The number of fused-ring (bicyclic) bond motifs is 2. The fourth-order valence-electron chi connectivity index (χ4n) is 3.87. The molecule has 4 heterocycles. The first kappa shape index (κ1) is 14.0. The summed E-state index contributed by atoms with van der Waals surface area (Å²) in [5, 5.41) is 5.11. The van der Waals surface area contributed by atoms with Gasteiger partial charge in [-0.1, -0.05) is 18.5 Å². The molecule has 2 aromatic heterocycles. The molecule has 2 saturated heterocycles. The van der Waals surface area contributed by atoms with E-state index in [1.54, 1.807) is 6.20 Å². The van der Waals surface area contributed by atoms with E-state index in [4.69, 9.17) is 11.6 Å². The summed E-state index contributed by atoms with van der Waals surface area (Å²) >= 11 is 6.01. The van der Waals surface area contributed by atoms with Crippen molar-refractivity contribution in [3.63, 3.8) is 0 Å². The highest BCUT2D eigenvalue weighted by atomic mass is 35.5. The lowest BCUT2D eigenvalue weighted by atomic mass is 9.98. The van der Waals surface area contributed by atoms with Crippen LogP contribution in [0.25, 0.3) is 0 Å². The molecule has 22 heavy (non-hydrogen) atoms. The van der Waals surface area contributed by atoms with Gasteiger partial charge in [0.2, 0.25) is 5.95 Å². The number of anilines is 1. The molecule has 2 bridgehead atoms. The van der Waals surface area contributed by atoms with E-state index in [1.807, 2.05) is 23.3 Å². The van der Waals surface area contributed by atoms with Gasteiger partial charge in [0, 0.05) is 30.7 Å². The average molecular weight is 318 g/mol. The Morgan fingerprint density at radius 1 is 1.09 bits per heavy atom. The van der Waals surface area contributed by atoms with Crippen LogP contribution in [0.2, 0.25) is 5.02 Å². The Kier molecular flexibility index (Phi) is 3.53. The highest BCUT2D eigenvalue weighted by molar-refractivity contribution is 6.30. The zero-order valence-corrected chi connectivity index (χ0v) is 13.4. The summed E-state index contributed by atoms with van der Waals surface area (Å²) in [4.78, 5) is 11.6. The van der Waals surface area contributed by atoms with E-state index in [-0.39, 0.29) is 0 Å². The smallest absolute Gasteiger partial charge is 0.225 e. The summed E-state index contributed by atoms with van der Waals surface area (Å²) in [5.41, 5.74) is 1.19. The van der Waals surface area contributed by atoms with Gasteiger partial charge in [0.05, 0.1) is 17.3 Å². The van der Waals surface area contributed by atoms with Crippen molar-refractivity contribution in [2.45, 2.75) is 57.2 Å². The molecule has 0 aliphatic carbocycles. The van der Waals surface area contributed by atoms with Crippen LogP contribution in [0.5, 0.6) is 0 Å². The summed E-state index contributed by atoms with van der Waals surface area (Å²) < 4.78 is 2.03. The Morgan fingerprint density at radius 3 is 2.32 bits per heavy atom. The molecule has 0 radical (unpaired) electrons. The van der Waals surface area contributed by atoms with Crippen molar-refractivity contribution in [3.05, 3.63) is 35.4 Å². The number of piperidine rings is 1. The van der Waals surface area contributed by atoms with Crippen molar-refractivity contribution >= 4 is 17.5 Å². The summed E-state index contributed by atoms with van der Waals surface area (Å²) in [6.07, 6.45) is 13.2. The van der Waals surface area contributed by atoms with Crippen LogP contribution >= 0.6 is 11.6 Å². The van der Waals surface area contributed by atoms with Crippen LogP contribution < -0.4 is 4.90 Å². The van der Waals surface area contributed by atoms with E-state index in [2.05, 4.69) is 26.9 Å². The molecule has 2 aliphatic heterocycles. The van der Waals surface area contributed by atoms with Crippen LogP contribution in [0.4, 0.5) is 5.95 Å². The number of hydrogen-bond donors (Lipinski definition) is 0. The minimum atomic E-state index is 0.441. The Hall–Kier alpha value is -1.62. The predicted octanol–water partition coefficient (Wildman–Crippen LogP) is 3.26. The molecule has 2 unspecified atom stereocenters. The van der Waals surface area contributed by atoms with Crippen LogP contribution in [0.3, 0.4) is 0 Å². The number of halogens is 1. The van der Waals surface area contributed by atoms with Gasteiger partial charge in [-0.05, 0) is 37.7 Å². The van der Waals surface area contributed by atoms with Gasteiger partial charge in [0.25, 0.3) is 0 Å². The standard InChI is InChI=1S/C16H20ClN5/c1-2-11-7-18-16(19-8-11)22-13-3-4-14(22)6-15(5-13)21-10-12(17)9-20-21/h7-10,13-15H,2-6H2,1H3. The molecule has 0 N–H and O–H groups in total. The number of nitrogens with zero attached hydrogens (tertiary/aromatic N) is 5. The highest BCUT2D eigenvalue weighted by Crippen LogP contribution is 2.42. The largest absolute Gasteiger partial charge is 0.335 e. The van der Waals surface area contributed by atoms with Crippen molar-refractivity contribution in [3.8, 4) is 0 Å². The Balaban J connectivity index is 1.55. The molecule has 0 spiro atoms. The SMILES string of the molecule is CCc1cnc(N2C3CCC2CC(n2cc(Cl)cn2)C3)nc1. The number of hydrogen-bond acceptors (Lipinski definition) is 4. The van der Waals surface area contributed by atoms with Gasteiger partial charge < -0.3 is 4.90 Å². The minimum absolute atomic E-state index is 0.441. The topological polar surface area (TPSA) is 46.8 Å². The van der Waals surface area contributed by atoms with Crippen molar-refractivity contribution in [2.24, 2.45) is 0 Å². The third kappa shape index (κ3) is 2.37. The van der Waals surface area contributed by atoms with Gasteiger partial charge in [0.1, 0.15) is 0 Å². The van der Waals surface area contributed by atoms with E-state index in [0.717, 1.165) is 25.2 Å². The average Bonchev–Trinajstić information content (AvgIpc) is 3.09. The molecule has 2 aliphatic rings. The maximum Gasteiger partial charge on any atom is 0.225 e. The van der Waals surface area contributed by atoms with Crippen LogP contribution in [-0.4, -0.2) is 31.8 Å². The Morgan fingerprint density at radius 2 is 1.77 bits per heavy atom. The maximum atomic E-state index is 6.01. The molecule has 0 amide bonds. The first-order valence-electron chi connectivity index (χ1n) is 8.03. The normalized spacial score (nSPS) is 27.4. The van der Waals surface area contributed by atoms with E-state index in [1.165, 1.54) is 18.4 Å². The van der Waals surface area contributed by atoms with Crippen molar-refractivity contribution < 1.29 is 0 Å². The molecule has 2 fully saturated rings. The lowest BCUT2D eigenvalue weighted by Crippen LogP contribution is -2.44. The molecular formula is C16H20ClN5. The van der Waals surface area contributed by atoms with Crippen LogP contribution in [0, 0.1) is 0 Å². The molecule has 2 atom stereocenters. The van der Waals surface area contributed by atoms with Gasteiger partial charge in [0.15, 0.2) is 0 Å². The summed E-state index contributed by atoms with van der Waals surface area (Å²) in [6, 6.07) is 1.47. The summed E-state index contributed by atoms with van der Waals surface area (Å²) in [6.45, 7) is 2.13. The van der Waals surface area contributed by atoms with Gasteiger partial charge in [-0.2, -0.15) is 5.10 Å². The van der Waals surface area contributed by atoms with Crippen LogP contribution in [0.15, 0.2) is 24.8 Å². The van der Waals surface area contributed by atoms with Crippen molar-refractivity contribution in [2.75, 3.05) is 4.90 Å². The molecule has 5 nitrogen and oxygen atoms in total. The molecular weight excluding hydrogens is 298 g/mol. The summed E-state index contributed by atoms with van der Waals surface area (Å²) in [5.74, 6) is 0.890. The minimum Gasteiger partial charge on any atom is -0.335 e. The fourth-order valence-corrected chi connectivity index (χ4v) is 4.01. The number of aromatic nitrogens is 4. The van der Waals surface area contributed by atoms with Gasteiger partial charge in [-0.3, -0.25) is 4.68 Å². The van der Waals surface area contributed by atoms with Gasteiger partial charge in [-0.25, -0.2) is 9.97 Å². The summed E-state index contributed by atoms with van der Waals surface area (Å²) in [7, 11) is 0. The molecule has 2 aromatic rings. The van der Waals surface area contributed by atoms with Crippen LogP contribution in [-0.2, 0) is 6.42 Å². The second-order valence-electron chi connectivity index (χ2n) is 6.30. The van der Waals surface area contributed by atoms with E-state index < -0.39 is 0 Å². The zero-order valence-electron chi connectivity index (χ0n) is 12.7. The Bertz CT molecular complexity index is 639. The van der Waals surface area contributed by atoms with Gasteiger partial charge >= 0.3 is 0 Å². The first-order chi connectivity index (χ1) is 10.7. The Labute approximate surface area is 135 Å². The second kappa shape index (κ2) is 5.54. The molecule has 0 aromatic carbocycles. The van der Waals surface area contributed by atoms with E-state index >= 15 is 0 Å². The monoisotopic (exact) mass is 317 g/mol. The lowest BCUT2D eigenvalue weighted by molar-refractivity contribution is 0.312. The van der Waals surface area contributed by atoms with Crippen molar-refractivity contribution in [1.82, 2.24) is 19.7 Å². The molecule has 6 heteroatoms. The zero-order chi connectivity index (χ0) is 15.1. The van der Waals surface area contributed by atoms with Crippen LogP contribution in [0.1, 0.15) is 44.2 Å². The maximum absolute atomic E-state index is 6.01. The highest BCUT2D eigenvalue weighted by Gasteiger charge is 2.42. The molecule has 0 saturated carbocycles. The third-order valence-corrected chi connectivity index (χ3v) is 5.18. The number of rotatable bonds is 3. The lowest BCUT2D eigenvalue weighted by Gasteiger charge is -2.39. The fraction of sp³-hybridized carbons (Fsp3) is 0.562. The van der Waals surface area contributed by atoms with Crippen molar-refractivity contribution in [1.29, 1.82) is 0 Å². The molecule has 116 valence electrons. The molecule has 4 rings (SSSR count). The predicted molar refractivity (Wildman–Crippen MR) is 86.2 cm³/mol. The first-order valence-corrected chi connectivity index (χ1v) is 8.41.